The summed E-state index contributed by atoms with van der Waals surface area (Å²) in [7, 11) is -4.47. The first-order chi connectivity index (χ1) is 13.5. The molecule has 164 valence electrons. The van der Waals surface area contributed by atoms with Crippen LogP contribution in [0.4, 0.5) is 5.82 Å². The molecule has 0 unspecified atom stereocenters. The number of nitrogens with zero attached hydrogens (tertiary/aromatic N) is 4. The molecular formula is C18H32N4O5SSi. The lowest BCUT2D eigenvalue weighted by Crippen LogP contribution is -2.50. The molecule has 0 atom stereocenters. The van der Waals surface area contributed by atoms with E-state index in [4.69, 9.17) is 4.74 Å². The fourth-order valence-electron chi connectivity index (χ4n) is 2.98. The molecule has 1 fully saturated rings. The number of carbonyl (C=O) groups excluding carboxylic acids is 1. The number of rotatable bonds is 10. The van der Waals surface area contributed by atoms with Crippen molar-refractivity contribution < 1.29 is 17.9 Å². The van der Waals surface area contributed by atoms with Gasteiger partial charge in [-0.05, 0) is 12.5 Å². The van der Waals surface area contributed by atoms with Crippen LogP contribution in [0.1, 0.15) is 12.1 Å². The minimum absolute atomic E-state index is 0.135. The number of ether oxygens (including phenoxy) is 1. The van der Waals surface area contributed by atoms with Crippen molar-refractivity contribution in [2.24, 2.45) is 0 Å². The highest BCUT2D eigenvalue weighted by molar-refractivity contribution is 7.88. The molecule has 1 aromatic rings. The number of anilines is 1. The first-order valence-corrected chi connectivity index (χ1v) is 15.4. The van der Waals surface area contributed by atoms with E-state index >= 15 is 0 Å². The quantitative estimate of drug-likeness (QED) is 0.298. The Balaban J connectivity index is 2.18. The molecular weight excluding hydrogens is 412 g/mol. The van der Waals surface area contributed by atoms with Gasteiger partial charge >= 0.3 is 0 Å². The van der Waals surface area contributed by atoms with Crippen molar-refractivity contribution in [1.82, 2.24) is 13.9 Å². The summed E-state index contributed by atoms with van der Waals surface area (Å²) in [5.74, 6) is 0.287. The normalized spacial score (nSPS) is 16.2. The van der Waals surface area contributed by atoms with Crippen LogP contribution in [0.25, 0.3) is 0 Å². The van der Waals surface area contributed by atoms with Gasteiger partial charge in [-0.2, -0.15) is 4.31 Å². The van der Waals surface area contributed by atoms with Gasteiger partial charge in [-0.1, -0.05) is 19.6 Å². The molecule has 0 aromatic carbocycles. The van der Waals surface area contributed by atoms with Crippen molar-refractivity contribution in [1.29, 1.82) is 0 Å². The molecule has 0 saturated carbocycles. The summed E-state index contributed by atoms with van der Waals surface area (Å²) in [5.41, 5.74) is 0.381. The summed E-state index contributed by atoms with van der Waals surface area (Å²) in [6.07, 6.45) is 4.42. The molecule has 0 N–H and O–H groups in total. The zero-order chi connectivity index (χ0) is 21.7. The van der Waals surface area contributed by atoms with E-state index in [0.29, 0.717) is 51.3 Å². The Kier molecular flexibility index (Phi) is 8.15. The minimum Gasteiger partial charge on any atom is -0.361 e. The van der Waals surface area contributed by atoms with Crippen LogP contribution in [0.2, 0.25) is 25.7 Å². The lowest BCUT2D eigenvalue weighted by Gasteiger charge is -2.33. The zero-order valence-electron chi connectivity index (χ0n) is 17.8. The van der Waals surface area contributed by atoms with E-state index in [0.717, 1.165) is 12.3 Å². The van der Waals surface area contributed by atoms with Crippen molar-refractivity contribution in [3.63, 3.8) is 0 Å². The van der Waals surface area contributed by atoms with E-state index in [9.17, 15) is 18.0 Å². The first kappa shape index (κ1) is 23.7. The van der Waals surface area contributed by atoms with Crippen LogP contribution in [0, 0.1) is 0 Å². The van der Waals surface area contributed by atoms with Crippen molar-refractivity contribution in [2.45, 2.75) is 45.3 Å². The molecule has 0 aliphatic carbocycles. The predicted molar refractivity (Wildman–Crippen MR) is 116 cm³/mol. The SMILES string of the molecule is C[Si](C)(C)CCOCn1cc(CCC=O)nc(N2CCN(S(C)(=O)=O)CC2)c1=O. The van der Waals surface area contributed by atoms with Gasteiger partial charge in [0.25, 0.3) is 5.56 Å². The fourth-order valence-corrected chi connectivity index (χ4v) is 4.56. The second-order valence-corrected chi connectivity index (χ2v) is 16.1. The van der Waals surface area contributed by atoms with Crippen LogP contribution in [-0.4, -0.2) is 75.7 Å². The molecule has 9 nitrogen and oxygen atoms in total. The maximum absolute atomic E-state index is 12.9. The summed E-state index contributed by atoms with van der Waals surface area (Å²) in [4.78, 5) is 30.0. The first-order valence-electron chi connectivity index (χ1n) is 9.83. The molecule has 0 spiro atoms. The van der Waals surface area contributed by atoms with E-state index in [1.165, 1.54) is 15.1 Å². The average molecular weight is 445 g/mol. The zero-order valence-corrected chi connectivity index (χ0v) is 19.6. The highest BCUT2D eigenvalue weighted by Gasteiger charge is 2.26. The smallest absolute Gasteiger partial charge is 0.295 e. The molecule has 0 radical (unpaired) electrons. The maximum atomic E-state index is 12.9. The Hall–Kier alpha value is -1.56. The number of aromatic nitrogens is 2. The van der Waals surface area contributed by atoms with E-state index in [1.54, 1.807) is 6.20 Å². The van der Waals surface area contributed by atoms with Crippen LogP contribution in [0.15, 0.2) is 11.0 Å². The average Bonchev–Trinajstić information content (AvgIpc) is 2.64. The predicted octanol–water partition coefficient (Wildman–Crippen LogP) is 0.769. The number of aldehydes is 1. The highest BCUT2D eigenvalue weighted by atomic mass is 32.2. The van der Waals surface area contributed by atoms with E-state index in [2.05, 4.69) is 24.6 Å². The van der Waals surface area contributed by atoms with Crippen LogP contribution in [-0.2, 0) is 32.7 Å². The topological polar surface area (TPSA) is 102 Å². The molecule has 1 saturated heterocycles. The van der Waals surface area contributed by atoms with Crippen molar-refractivity contribution in [2.75, 3.05) is 43.9 Å². The molecule has 11 heteroatoms. The van der Waals surface area contributed by atoms with Crippen LogP contribution in [0.3, 0.4) is 0 Å². The van der Waals surface area contributed by atoms with E-state index in [-0.39, 0.29) is 18.1 Å². The molecule has 0 bridgehead atoms. The summed E-state index contributed by atoms with van der Waals surface area (Å²) >= 11 is 0. The van der Waals surface area contributed by atoms with Gasteiger partial charge in [0, 0.05) is 53.5 Å². The summed E-state index contributed by atoms with van der Waals surface area (Å²) < 4.78 is 32.1. The Morgan fingerprint density at radius 2 is 1.86 bits per heavy atom. The molecule has 1 aromatic heterocycles. The number of hydrogen-bond acceptors (Lipinski definition) is 7. The van der Waals surface area contributed by atoms with Crippen molar-refractivity contribution in [3.05, 3.63) is 22.2 Å². The molecule has 1 aliphatic rings. The van der Waals surface area contributed by atoms with Gasteiger partial charge < -0.3 is 14.4 Å². The van der Waals surface area contributed by atoms with Crippen LogP contribution in [0.5, 0.6) is 0 Å². The number of carbonyl (C=O) groups is 1. The monoisotopic (exact) mass is 444 g/mol. The molecule has 2 rings (SSSR count). The van der Waals surface area contributed by atoms with Crippen LogP contribution >= 0.6 is 0 Å². The third kappa shape index (κ3) is 7.32. The van der Waals surface area contributed by atoms with Crippen LogP contribution < -0.4 is 10.5 Å². The van der Waals surface area contributed by atoms with Gasteiger partial charge in [-0.25, -0.2) is 13.4 Å². The van der Waals surface area contributed by atoms with E-state index < -0.39 is 18.1 Å². The van der Waals surface area contributed by atoms with Gasteiger partial charge in [0.2, 0.25) is 10.0 Å². The minimum atomic E-state index is -3.25. The van der Waals surface area contributed by atoms with E-state index in [1.807, 2.05) is 4.90 Å². The second kappa shape index (κ2) is 9.96. The third-order valence-corrected chi connectivity index (χ3v) is 7.77. The molecule has 29 heavy (non-hydrogen) atoms. The third-order valence-electron chi connectivity index (χ3n) is 4.76. The Morgan fingerprint density at radius 1 is 1.21 bits per heavy atom. The largest absolute Gasteiger partial charge is 0.361 e. The lowest BCUT2D eigenvalue weighted by atomic mass is 10.2. The van der Waals surface area contributed by atoms with Crippen molar-refractivity contribution in [3.8, 4) is 0 Å². The van der Waals surface area contributed by atoms with Gasteiger partial charge in [-0.15, -0.1) is 0 Å². The Morgan fingerprint density at radius 3 is 2.41 bits per heavy atom. The fraction of sp³-hybridized carbons (Fsp3) is 0.722. The number of aryl methyl sites for hydroxylation is 1. The standard InChI is InChI=1S/C18H32N4O5SSi/c1-28(25,26)22-9-7-20(8-10-22)17-18(24)21(14-16(19-17)6-5-11-23)15-27-12-13-29(2,3)4/h11,14H,5-10,12-13,15H2,1-4H3. The van der Waals surface area contributed by atoms with Crippen molar-refractivity contribution >= 4 is 30.2 Å². The summed E-state index contributed by atoms with van der Waals surface area (Å²) in [5, 5.41) is 0. The number of sulfonamides is 1. The number of piperazine rings is 1. The lowest BCUT2D eigenvalue weighted by molar-refractivity contribution is -0.107. The molecule has 1 aliphatic heterocycles. The number of hydrogen-bond donors (Lipinski definition) is 0. The van der Waals surface area contributed by atoms with Gasteiger partial charge in [-0.3, -0.25) is 9.36 Å². The summed E-state index contributed by atoms with van der Waals surface area (Å²) in [6, 6.07) is 1.01. The van der Waals surface area contributed by atoms with Gasteiger partial charge in [0.1, 0.15) is 13.0 Å². The molecule has 2 heterocycles. The van der Waals surface area contributed by atoms with Gasteiger partial charge in [0.05, 0.1) is 11.9 Å². The maximum Gasteiger partial charge on any atom is 0.295 e. The second-order valence-electron chi connectivity index (χ2n) is 8.53. The molecule has 0 amide bonds. The highest BCUT2D eigenvalue weighted by Crippen LogP contribution is 2.13. The Labute approximate surface area is 173 Å². The van der Waals surface area contributed by atoms with Gasteiger partial charge in [0.15, 0.2) is 5.82 Å². The summed E-state index contributed by atoms with van der Waals surface area (Å²) in [6.45, 7) is 8.93. The Bertz CT molecular complexity index is 858.